The molecule has 0 aliphatic heterocycles. The van der Waals surface area contributed by atoms with E-state index in [-0.39, 0.29) is 0 Å². The monoisotopic (exact) mass is 281 g/mol. The van der Waals surface area contributed by atoms with Crippen LogP contribution >= 0.6 is 11.6 Å². The molecule has 0 fully saturated rings. The molecule has 19 heavy (non-hydrogen) atoms. The van der Waals surface area contributed by atoms with Crippen molar-refractivity contribution >= 4 is 11.6 Å². The highest BCUT2D eigenvalue weighted by atomic mass is 35.5. The van der Waals surface area contributed by atoms with Crippen molar-refractivity contribution in [1.29, 1.82) is 0 Å². The maximum absolute atomic E-state index is 13.7. The minimum atomic E-state index is -0.503. The Labute approximate surface area is 115 Å². The van der Waals surface area contributed by atoms with E-state index in [0.717, 1.165) is 0 Å². The summed E-state index contributed by atoms with van der Waals surface area (Å²) >= 11 is 5.70. The van der Waals surface area contributed by atoms with Gasteiger partial charge in [-0.1, -0.05) is 17.7 Å². The molecule has 1 heterocycles. The van der Waals surface area contributed by atoms with Crippen molar-refractivity contribution in [2.45, 2.75) is 12.5 Å². The van der Waals surface area contributed by atoms with Crippen molar-refractivity contribution < 1.29 is 9.13 Å². The van der Waals surface area contributed by atoms with Crippen molar-refractivity contribution in [3.8, 4) is 5.88 Å². The first-order valence-electron chi connectivity index (χ1n) is 5.65. The van der Waals surface area contributed by atoms with Crippen molar-refractivity contribution in [2.75, 3.05) is 7.11 Å². The summed E-state index contributed by atoms with van der Waals surface area (Å²) in [6.07, 6.45) is 1.77. The molecule has 0 saturated carbocycles. The Morgan fingerprint density at radius 2 is 2.16 bits per heavy atom. The Morgan fingerprint density at radius 1 is 1.37 bits per heavy atom. The third-order valence-electron chi connectivity index (χ3n) is 2.70. The molecule has 4 nitrogen and oxygen atoms in total. The number of nitrogens with zero attached hydrogens (tertiary/aromatic N) is 2. The van der Waals surface area contributed by atoms with Crippen LogP contribution in [0.1, 0.15) is 17.3 Å². The van der Waals surface area contributed by atoms with Gasteiger partial charge in [-0.25, -0.2) is 14.4 Å². The Kier molecular flexibility index (Phi) is 4.29. The van der Waals surface area contributed by atoms with E-state index in [2.05, 4.69) is 9.97 Å². The smallest absolute Gasteiger partial charge is 0.216 e. The number of hydrogen-bond acceptors (Lipinski definition) is 4. The van der Waals surface area contributed by atoms with Crippen molar-refractivity contribution in [3.05, 3.63) is 52.7 Å². The molecule has 6 heteroatoms. The second-order valence-electron chi connectivity index (χ2n) is 4.03. The standard InChI is InChI=1S/C13H13ClFN3O/c1-19-13-6-9(17-7-18-13)5-12(16)10-3-2-8(14)4-11(10)15/h2-4,6-7,12H,5,16H2,1H3. The van der Waals surface area contributed by atoms with Crippen molar-refractivity contribution in [1.82, 2.24) is 9.97 Å². The van der Waals surface area contributed by atoms with Gasteiger partial charge in [0, 0.05) is 34.8 Å². The number of halogens is 2. The molecule has 2 aromatic rings. The third kappa shape index (κ3) is 3.39. The fraction of sp³-hybridized carbons (Fsp3) is 0.231. The number of methoxy groups -OCH3 is 1. The highest BCUT2D eigenvalue weighted by molar-refractivity contribution is 6.30. The van der Waals surface area contributed by atoms with E-state index in [9.17, 15) is 4.39 Å². The van der Waals surface area contributed by atoms with Crippen LogP contribution in [0.4, 0.5) is 4.39 Å². The lowest BCUT2D eigenvalue weighted by atomic mass is 10.0. The van der Waals surface area contributed by atoms with Crippen LogP contribution in [0.3, 0.4) is 0 Å². The van der Waals surface area contributed by atoms with Gasteiger partial charge in [0.1, 0.15) is 12.1 Å². The normalized spacial score (nSPS) is 12.2. The quantitative estimate of drug-likeness (QED) is 0.935. The molecule has 0 aliphatic carbocycles. The van der Waals surface area contributed by atoms with E-state index in [4.69, 9.17) is 22.1 Å². The van der Waals surface area contributed by atoms with Gasteiger partial charge in [0.05, 0.1) is 7.11 Å². The van der Waals surface area contributed by atoms with Gasteiger partial charge in [0.25, 0.3) is 0 Å². The number of nitrogens with two attached hydrogens (primary N) is 1. The highest BCUT2D eigenvalue weighted by Gasteiger charge is 2.13. The number of rotatable bonds is 4. The summed E-state index contributed by atoms with van der Waals surface area (Å²) in [7, 11) is 1.52. The van der Waals surface area contributed by atoms with Crippen LogP contribution < -0.4 is 10.5 Å². The van der Waals surface area contributed by atoms with Crippen LogP contribution in [0, 0.1) is 5.82 Å². The third-order valence-corrected chi connectivity index (χ3v) is 2.93. The molecule has 0 spiro atoms. The Balaban J connectivity index is 2.17. The summed E-state index contributed by atoms with van der Waals surface area (Å²) in [6.45, 7) is 0. The number of ether oxygens (including phenoxy) is 1. The molecular formula is C13H13ClFN3O. The average Bonchev–Trinajstić information content (AvgIpc) is 2.38. The summed E-state index contributed by atoms with van der Waals surface area (Å²) < 4.78 is 18.7. The Hall–Kier alpha value is -1.72. The summed E-state index contributed by atoms with van der Waals surface area (Å²) in [6, 6.07) is 5.61. The van der Waals surface area contributed by atoms with Crippen LogP contribution in [0.15, 0.2) is 30.6 Å². The zero-order valence-corrected chi connectivity index (χ0v) is 11.1. The molecule has 1 aromatic carbocycles. The van der Waals surface area contributed by atoms with Gasteiger partial charge in [-0.05, 0) is 12.1 Å². The largest absolute Gasteiger partial charge is 0.481 e. The lowest BCUT2D eigenvalue weighted by molar-refractivity contribution is 0.395. The van der Waals surface area contributed by atoms with Gasteiger partial charge in [0.2, 0.25) is 5.88 Å². The molecule has 0 bridgehead atoms. The topological polar surface area (TPSA) is 61.0 Å². The second-order valence-corrected chi connectivity index (χ2v) is 4.46. The van der Waals surface area contributed by atoms with Crippen LogP contribution in [0.5, 0.6) is 5.88 Å². The van der Waals surface area contributed by atoms with E-state index < -0.39 is 11.9 Å². The second kappa shape index (κ2) is 5.95. The Bertz CT molecular complexity index is 580. The van der Waals surface area contributed by atoms with E-state index in [0.29, 0.717) is 28.6 Å². The fourth-order valence-corrected chi connectivity index (χ4v) is 1.90. The highest BCUT2D eigenvalue weighted by Crippen LogP contribution is 2.22. The van der Waals surface area contributed by atoms with E-state index in [1.807, 2.05) is 0 Å². The zero-order valence-electron chi connectivity index (χ0n) is 10.3. The summed E-state index contributed by atoms with van der Waals surface area (Å²) in [5.74, 6) is 0.0369. The van der Waals surface area contributed by atoms with Gasteiger partial charge >= 0.3 is 0 Å². The van der Waals surface area contributed by atoms with Gasteiger partial charge in [-0.2, -0.15) is 0 Å². The predicted molar refractivity (Wildman–Crippen MR) is 70.6 cm³/mol. The van der Waals surface area contributed by atoms with E-state index in [1.54, 1.807) is 18.2 Å². The van der Waals surface area contributed by atoms with Crippen LogP contribution in [0.2, 0.25) is 5.02 Å². The minimum Gasteiger partial charge on any atom is -0.481 e. The maximum Gasteiger partial charge on any atom is 0.216 e. The summed E-state index contributed by atoms with van der Waals surface area (Å²) in [5, 5.41) is 0.345. The molecule has 2 N–H and O–H groups in total. The van der Waals surface area contributed by atoms with Crippen LogP contribution in [-0.2, 0) is 6.42 Å². The zero-order chi connectivity index (χ0) is 13.8. The SMILES string of the molecule is COc1cc(CC(N)c2ccc(Cl)cc2F)ncn1. The van der Waals surface area contributed by atoms with Gasteiger partial charge < -0.3 is 10.5 Å². The van der Waals surface area contributed by atoms with E-state index >= 15 is 0 Å². The first kappa shape index (κ1) is 13.7. The summed E-state index contributed by atoms with van der Waals surface area (Å²) in [4.78, 5) is 7.98. The van der Waals surface area contributed by atoms with Crippen LogP contribution in [0.25, 0.3) is 0 Å². The van der Waals surface area contributed by atoms with Crippen LogP contribution in [-0.4, -0.2) is 17.1 Å². The van der Waals surface area contributed by atoms with Gasteiger partial charge in [-0.15, -0.1) is 0 Å². The molecule has 0 saturated heterocycles. The van der Waals surface area contributed by atoms with Crippen molar-refractivity contribution in [3.63, 3.8) is 0 Å². The van der Waals surface area contributed by atoms with Gasteiger partial charge in [0.15, 0.2) is 0 Å². The molecular weight excluding hydrogens is 269 g/mol. The molecule has 0 aliphatic rings. The molecule has 0 amide bonds. The molecule has 1 unspecified atom stereocenters. The van der Waals surface area contributed by atoms with Crippen molar-refractivity contribution in [2.24, 2.45) is 5.73 Å². The maximum atomic E-state index is 13.7. The molecule has 2 rings (SSSR count). The lowest BCUT2D eigenvalue weighted by Gasteiger charge is -2.13. The molecule has 100 valence electrons. The fourth-order valence-electron chi connectivity index (χ4n) is 1.74. The molecule has 1 atom stereocenters. The number of hydrogen-bond donors (Lipinski definition) is 1. The minimum absolute atomic E-state index is 0.345. The number of benzene rings is 1. The molecule has 1 aromatic heterocycles. The summed E-state index contributed by atoms with van der Waals surface area (Å²) in [5.41, 5.74) is 7.08. The van der Waals surface area contributed by atoms with Gasteiger partial charge in [-0.3, -0.25) is 0 Å². The first-order chi connectivity index (χ1) is 9.10. The lowest BCUT2D eigenvalue weighted by Crippen LogP contribution is -2.15. The Morgan fingerprint density at radius 3 is 2.84 bits per heavy atom. The van der Waals surface area contributed by atoms with E-state index in [1.165, 1.54) is 19.5 Å². The first-order valence-corrected chi connectivity index (χ1v) is 6.03. The molecule has 0 radical (unpaired) electrons. The predicted octanol–water partition coefficient (Wildman–Crippen LogP) is 2.52. The average molecular weight is 282 g/mol. The number of aromatic nitrogens is 2.